The first-order chi connectivity index (χ1) is 13.8. The molecule has 2 heterocycles. The second-order valence-corrected chi connectivity index (χ2v) is 8.23. The molecular weight excluding hydrogens is 404 g/mol. The molecule has 156 valence electrons. The zero-order chi connectivity index (χ0) is 21.0. The Morgan fingerprint density at radius 3 is 2.76 bits per heavy atom. The van der Waals surface area contributed by atoms with Crippen molar-refractivity contribution in [3.63, 3.8) is 0 Å². The summed E-state index contributed by atoms with van der Waals surface area (Å²) in [6, 6.07) is 3.84. The third-order valence-electron chi connectivity index (χ3n) is 4.26. The van der Waals surface area contributed by atoms with Crippen LogP contribution in [0.5, 0.6) is 5.75 Å². The molecule has 10 heteroatoms. The molecule has 0 bridgehead atoms. The predicted octanol–water partition coefficient (Wildman–Crippen LogP) is 3.72. The van der Waals surface area contributed by atoms with Crippen molar-refractivity contribution in [1.29, 1.82) is 0 Å². The van der Waals surface area contributed by atoms with E-state index in [1.165, 1.54) is 7.11 Å². The molecule has 0 saturated carbocycles. The standard InChI is InChI=1S/C19H21F2N3O4S/c1-3-6-29(25,26)24-17-5-4-16(20)15(18(17)21)11-28-10-12-8-22-19-14(12)7-13(27-2)9-23-19/h4-5,7-9,24H,3,6,10-11H2,1-2H3,(H,22,23). The molecule has 0 radical (unpaired) electrons. The van der Waals surface area contributed by atoms with Crippen molar-refractivity contribution in [3.05, 3.63) is 53.4 Å². The number of hydrogen-bond acceptors (Lipinski definition) is 5. The number of H-pyrrole nitrogens is 1. The summed E-state index contributed by atoms with van der Waals surface area (Å²) >= 11 is 0. The monoisotopic (exact) mass is 425 g/mol. The Balaban J connectivity index is 1.75. The summed E-state index contributed by atoms with van der Waals surface area (Å²) in [6.07, 6.45) is 3.64. The zero-order valence-electron chi connectivity index (χ0n) is 16.0. The van der Waals surface area contributed by atoms with E-state index in [0.717, 1.165) is 23.1 Å². The van der Waals surface area contributed by atoms with E-state index >= 15 is 0 Å². The summed E-state index contributed by atoms with van der Waals surface area (Å²) < 4.78 is 65.3. The van der Waals surface area contributed by atoms with Gasteiger partial charge in [-0.25, -0.2) is 22.2 Å². The van der Waals surface area contributed by atoms with Crippen LogP contribution >= 0.6 is 0 Å². The van der Waals surface area contributed by atoms with Crippen molar-refractivity contribution in [2.24, 2.45) is 0 Å². The SMILES string of the molecule is CCCS(=O)(=O)Nc1ccc(F)c(COCc2c[nH]c3ncc(OC)cc23)c1F. The van der Waals surface area contributed by atoms with Crippen LogP contribution < -0.4 is 9.46 Å². The van der Waals surface area contributed by atoms with Crippen LogP contribution in [0, 0.1) is 11.6 Å². The predicted molar refractivity (Wildman–Crippen MR) is 105 cm³/mol. The van der Waals surface area contributed by atoms with Gasteiger partial charge in [-0.05, 0) is 24.6 Å². The molecule has 0 saturated heterocycles. The molecule has 0 fully saturated rings. The lowest BCUT2D eigenvalue weighted by Crippen LogP contribution is -2.17. The van der Waals surface area contributed by atoms with Crippen LogP contribution in [0.4, 0.5) is 14.5 Å². The number of hydrogen-bond donors (Lipinski definition) is 2. The Morgan fingerprint density at radius 2 is 2.03 bits per heavy atom. The summed E-state index contributed by atoms with van der Waals surface area (Å²) in [5.41, 5.74) is 0.720. The molecule has 1 aromatic carbocycles. The van der Waals surface area contributed by atoms with E-state index in [9.17, 15) is 17.2 Å². The molecule has 0 aliphatic heterocycles. The highest BCUT2D eigenvalue weighted by Crippen LogP contribution is 2.25. The molecule has 0 aliphatic carbocycles. The van der Waals surface area contributed by atoms with Gasteiger partial charge >= 0.3 is 0 Å². The first-order valence-corrected chi connectivity index (χ1v) is 10.5. The van der Waals surface area contributed by atoms with E-state index in [2.05, 4.69) is 14.7 Å². The van der Waals surface area contributed by atoms with Gasteiger partial charge in [-0.15, -0.1) is 0 Å². The summed E-state index contributed by atoms with van der Waals surface area (Å²) in [6.45, 7) is 1.39. The fourth-order valence-electron chi connectivity index (χ4n) is 2.83. The van der Waals surface area contributed by atoms with E-state index in [4.69, 9.17) is 9.47 Å². The van der Waals surface area contributed by atoms with Gasteiger partial charge in [0.05, 0.1) is 43.5 Å². The maximum absolute atomic E-state index is 14.6. The number of nitrogens with zero attached hydrogens (tertiary/aromatic N) is 1. The Bertz CT molecular complexity index is 1120. The second-order valence-electron chi connectivity index (χ2n) is 6.39. The Kier molecular flexibility index (Phi) is 6.33. The lowest BCUT2D eigenvalue weighted by molar-refractivity contribution is 0.103. The minimum Gasteiger partial charge on any atom is -0.495 e. The zero-order valence-corrected chi connectivity index (χ0v) is 16.8. The average molecular weight is 425 g/mol. The van der Waals surface area contributed by atoms with Gasteiger partial charge in [0, 0.05) is 17.1 Å². The summed E-state index contributed by atoms with van der Waals surface area (Å²) in [4.78, 5) is 7.19. The molecule has 3 rings (SSSR count). The molecule has 0 amide bonds. The lowest BCUT2D eigenvalue weighted by Gasteiger charge is -2.12. The van der Waals surface area contributed by atoms with Gasteiger partial charge in [0.1, 0.15) is 17.2 Å². The Hall–Kier alpha value is -2.72. The maximum atomic E-state index is 14.6. The number of anilines is 1. The highest BCUT2D eigenvalue weighted by Gasteiger charge is 2.18. The van der Waals surface area contributed by atoms with Gasteiger partial charge in [0.15, 0.2) is 5.82 Å². The average Bonchev–Trinajstić information content (AvgIpc) is 3.08. The second kappa shape index (κ2) is 8.75. The number of aromatic amines is 1. The third-order valence-corrected chi connectivity index (χ3v) is 5.73. The van der Waals surface area contributed by atoms with Gasteiger partial charge in [-0.1, -0.05) is 6.92 Å². The summed E-state index contributed by atoms with van der Waals surface area (Å²) in [7, 11) is -2.17. The van der Waals surface area contributed by atoms with Crippen molar-refractivity contribution < 1.29 is 26.7 Å². The number of nitrogens with one attached hydrogen (secondary N) is 2. The third kappa shape index (κ3) is 4.83. The molecule has 0 spiro atoms. The summed E-state index contributed by atoms with van der Waals surface area (Å²) in [5, 5.41) is 0.770. The minimum atomic E-state index is -3.70. The number of pyridine rings is 1. The van der Waals surface area contributed by atoms with E-state index in [1.807, 2.05) is 0 Å². The van der Waals surface area contributed by atoms with Crippen LogP contribution in [0.2, 0.25) is 0 Å². The van der Waals surface area contributed by atoms with Crippen molar-refractivity contribution in [2.45, 2.75) is 26.6 Å². The van der Waals surface area contributed by atoms with Crippen LogP contribution in [0.15, 0.2) is 30.6 Å². The normalized spacial score (nSPS) is 11.7. The van der Waals surface area contributed by atoms with Gasteiger partial charge in [-0.2, -0.15) is 0 Å². The van der Waals surface area contributed by atoms with E-state index in [-0.39, 0.29) is 30.2 Å². The number of halogens is 2. The van der Waals surface area contributed by atoms with Crippen molar-refractivity contribution >= 4 is 26.7 Å². The lowest BCUT2D eigenvalue weighted by atomic mass is 10.2. The molecule has 7 nitrogen and oxygen atoms in total. The first-order valence-electron chi connectivity index (χ1n) is 8.89. The van der Waals surface area contributed by atoms with Crippen molar-refractivity contribution in [2.75, 3.05) is 17.6 Å². The number of sulfonamides is 1. The molecular formula is C19H21F2N3O4S. The van der Waals surface area contributed by atoms with Crippen LogP contribution in [0.1, 0.15) is 24.5 Å². The minimum absolute atomic E-state index is 0.0690. The number of aromatic nitrogens is 2. The van der Waals surface area contributed by atoms with Crippen LogP contribution in [-0.2, 0) is 28.0 Å². The molecule has 2 aromatic heterocycles. The van der Waals surface area contributed by atoms with Crippen molar-refractivity contribution in [1.82, 2.24) is 9.97 Å². The van der Waals surface area contributed by atoms with Gasteiger partial charge in [-0.3, -0.25) is 4.72 Å². The number of benzene rings is 1. The molecule has 0 unspecified atom stereocenters. The molecule has 0 aliphatic rings. The van der Waals surface area contributed by atoms with Crippen molar-refractivity contribution in [3.8, 4) is 5.75 Å². The van der Waals surface area contributed by atoms with Gasteiger partial charge in [0.2, 0.25) is 10.0 Å². The van der Waals surface area contributed by atoms with Gasteiger partial charge < -0.3 is 14.5 Å². The van der Waals surface area contributed by atoms with Crippen LogP contribution in [0.3, 0.4) is 0 Å². The highest BCUT2D eigenvalue weighted by atomic mass is 32.2. The maximum Gasteiger partial charge on any atom is 0.232 e. The first kappa shape index (κ1) is 21.0. The topological polar surface area (TPSA) is 93.3 Å². The number of fused-ring (bicyclic) bond motifs is 1. The smallest absolute Gasteiger partial charge is 0.232 e. The van der Waals surface area contributed by atoms with Crippen LogP contribution in [-0.4, -0.2) is 31.2 Å². The molecule has 3 aromatic rings. The Labute approximate surface area is 167 Å². The highest BCUT2D eigenvalue weighted by molar-refractivity contribution is 7.92. The molecule has 2 N–H and O–H groups in total. The molecule has 0 atom stereocenters. The number of rotatable bonds is 9. The van der Waals surface area contributed by atoms with E-state index in [1.54, 1.807) is 25.4 Å². The quantitative estimate of drug-likeness (QED) is 0.545. The molecule has 29 heavy (non-hydrogen) atoms. The van der Waals surface area contributed by atoms with Crippen LogP contribution in [0.25, 0.3) is 11.0 Å². The fourth-order valence-corrected chi connectivity index (χ4v) is 3.96. The van der Waals surface area contributed by atoms with E-state index in [0.29, 0.717) is 17.8 Å². The van der Waals surface area contributed by atoms with Gasteiger partial charge in [0.25, 0.3) is 0 Å². The van der Waals surface area contributed by atoms with E-state index < -0.39 is 21.7 Å². The Morgan fingerprint density at radius 1 is 1.24 bits per heavy atom. The number of methoxy groups -OCH3 is 1. The summed E-state index contributed by atoms with van der Waals surface area (Å²) in [5.74, 6) is -1.40. The number of ether oxygens (including phenoxy) is 2. The fraction of sp³-hybridized carbons (Fsp3) is 0.316. The largest absolute Gasteiger partial charge is 0.495 e.